The van der Waals surface area contributed by atoms with Gasteiger partial charge in [-0.05, 0) is 25.1 Å². The molecule has 4 heterocycles. The molecule has 0 spiro atoms. The molecule has 1 N–H and O–H groups in total. The Morgan fingerprint density at radius 1 is 1.31 bits per heavy atom. The van der Waals surface area contributed by atoms with Gasteiger partial charge in [-0.3, -0.25) is 4.79 Å². The number of nitrogens with zero attached hydrogens (tertiary/aromatic N) is 4. The molecule has 0 unspecified atom stereocenters. The van der Waals surface area contributed by atoms with E-state index in [1.165, 1.54) is 12.1 Å². The maximum atomic E-state index is 14.0. The van der Waals surface area contributed by atoms with Crippen molar-refractivity contribution in [2.45, 2.75) is 25.3 Å². The van der Waals surface area contributed by atoms with Crippen LogP contribution in [0.4, 0.5) is 4.39 Å². The molecular weight excluding hydrogens is 373 g/mol. The van der Waals surface area contributed by atoms with Gasteiger partial charge in [0.1, 0.15) is 17.3 Å². The Balaban J connectivity index is 1.33. The van der Waals surface area contributed by atoms with E-state index in [-0.39, 0.29) is 11.7 Å². The zero-order valence-corrected chi connectivity index (χ0v) is 15.8. The van der Waals surface area contributed by atoms with Gasteiger partial charge in [0.25, 0.3) is 5.91 Å². The molecule has 1 amide bonds. The molecular formula is C21H20FN5O2. The third kappa shape index (κ3) is 3.40. The predicted molar refractivity (Wildman–Crippen MR) is 103 cm³/mol. The summed E-state index contributed by atoms with van der Waals surface area (Å²) in [6.45, 7) is 2.88. The topological polar surface area (TPSA) is 84.2 Å². The second kappa shape index (κ2) is 7.36. The van der Waals surface area contributed by atoms with Crippen LogP contribution in [0.5, 0.6) is 0 Å². The van der Waals surface area contributed by atoms with Gasteiger partial charge in [0.15, 0.2) is 0 Å². The minimum Gasteiger partial charge on any atom is -0.350 e. The third-order valence-corrected chi connectivity index (χ3v) is 5.54. The van der Waals surface area contributed by atoms with Gasteiger partial charge in [-0.15, -0.1) is 0 Å². The van der Waals surface area contributed by atoms with E-state index >= 15 is 0 Å². The Labute approximate surface area is 166 Å². The van der Waals surface area contributed by atoms with E-state index < -0.39 is 5.82 Å². The molecule has 148 valence electrons. The molecule has 2 aromatic heterocycles. The monoisotopic (exact) mass is 393 g/mol. The summed E-state index contributed by atoms with van der Waals surface area (Å²) in [7, 11) is 0. The number of aromatic nitrogens is 3. The van der Waals surface area contributed by atoms with E-state index in [9.17, 15) is 9.18 Å². The second-order valence-electron chi connectivity index (χ2n) is 7.42. The lowest BCUT2D eigenvalue weighted by Crippen LogP contribution is -2.36. The Bertz CT molecular complexity index is 1060. The first-order valence-corrected chi connectivity index (χ1v) is 9.75. The lowest BCUT2D eigenvalue weighted by atomic mass is 10.0. The zero-order chi connectivity index (χ0) is 19.8. The summed E-state index contributed by atoms with van der Waals surface area (Å²) in [5.74, 6) is 0.678. The first-order chi connectivity index (χ1) is 14.2. The number of benzene rings is 1. The average Bonchev–Trinajstić information content (AvgIpc) is 3.45. The van der Waals surface area contributed by atoms with Gasteiger partial charge in [0, 0.05) is 55.4 Å². The Morgan fingerprint density at radius 3 is 3.03 bits per heavy atom. The first-order valence-electron chi connectivity index (χ1n) is 9.75. The zero-order valence-electron chi connectivity index (χ0n) is 15.8. The highest BCUT2D eigenvalue weighted by molar-refractivity contribution is 5.92. The van der Waals surface area contributed by atoms with Crippen molar-refractivity contribution in [2.24, 2.45) is 0 Å². The largest absolute Gasteiger partial charge is 0.350 e. The molecule has 7 nitrogen and oxygen atoms in total. The van der Waals surface area contributed by atoms with Crippen molar-refractivity contribution in [3.05, 3.63) is 65.2 Å². The number of hydrogen-bond donors (Lipinski definition) is 1. The van der Waals surface area contributed by atoms with Crippen LogP contribution in [0.15, 0.2) is 41.1 Å². The lowest BCUT2D eigenvalue weighted by Gasteiger charge is -2.27. The maximum Gasteiger partial charge on any atom is 0.292 e. The van der Waals surface area contributed by atoms with Crippen LogP contribution in [-0.4, -0.2) is 45.6 Å². The van der Waals surface area contributed by atoms with E-state index in [0.29, 0.717) is 36.7 Å². The van der Waals surface area contributed by atoms with Crippen molar-refractivity contribution < 1.29 is 13.7 Å². The van der Waals surface area contributed by atoms with Gasteiger partial charge >= 0.3 is 0 Å². The van der Waals surface area contributed by atoms with Gasteiger partial charge in [-0.1, -0.05) is 17.3 Å². The smallest absolute Gasteiger partial charge is 0.292 e. The van der Waals surface area contributed by atoms with Crippen LogP contribution in [-0.2, 0) is 13.0 Å². The number of amides is 1. The molecule has 1 saturated heterocycles. The number of halogens is 1. The van der Waals surface area contributed by atoms with Gasteiger partial charge < -0.3 is 14.7 Å². The summed E-state index contributed by atoms with van der Waals surface area (Å²) in [5, 5.41) is 7.21. The minimum atomic E-state index is -0.405. The number of hydrogen-bond acceptors (Lipinski definition) is 6. The van der Waals surface area contributed by atoms with Crippen LogP contribution in [0, 0.1) is 5.82 Å². The molecule has 1 aromatic carbocycles. The molecule has 0 saturated carbocycles. The highest BCUT2D eigenvalue weighted by atomic mass is 19.1. The van der Waals surface area contributed by atoms with E-state index in [4.69, 9.17) is 9.51 Å². The van der Waals surface area contributed by atoms with Crippen LogP contribution in [0.1, 0.15) is 40.0 Å². The Hall–Kier alpha value is -3.13. The molecule has 1 atom stereocenters. The van der Waals surface area contributed by atoms with E-state index in [1.54, 1.807) is 23.1 Å². The summed E-state index contributed by atoms with van der Waals surface area (Å²) in [5.41, 5.74) is 2.58. The highest BCUT2D eigenvalue weighted by Crippen LogP contribution is 2.25. The molecule has 0 aliphatic carbocycles. The quantitative estimate of drug-likeness (QED) is 0.736. The van der Waals surface area contributed by atoms with Crippen molar-refractivity contribution in [1.82, 2.24) is 25.3 Å². The molecule has 0 radical (unpaired) electrons. The standard InChI is InChI=1S/C21H20FN5O2/c22-16-4-2-1-3-15(16)18-9-19(29-26-18)21(28)27-8-6-17-14(12-27)11-24-20(25-17)13-5-7-23-10-13/h1-4,9,11,13,23H,5-8,10,12H2/t13-/m0/s1. The van der Waals surface area contributed by atoms with Crippen LogP contribution in [0.3, 0.4) is 0 Å². The van der Waals surface area contributed by atoms with Crippen molar-refractivity contribution >= 4 is 5.91 Å². The van der Waals surface area contributed by atoms with Crippen LogP contribution < -0.4 is 5.32 Å². The summed E-state index contributed by atoms with van der Waals surface area (Å²) in [6.07, 6.45) is 3.56. The Morgan fingerprint density at radius 2 is 2.21 bits per heavy atom. The number of nitrogens with one attached hydrogen (secondary N) is 1. The van der Waals surface area contributed by atoms with Crippen molar-refractivity contribution in [1.29, 1.82) is 0 Å². The fraction of sp³-hybridized carbons (Fsp3) is 0.333. The SMILES string of the molecule is O=C(c1cc(-c2ccccc2F)no1)N1CCc2nc([C@H]3CCNC3)ncc2C1. The fourth-order valence-corrected chi connectivity index (χ4v) is 3.90. The highest BCUT2D eigenvalue weighted by Gasteiger charge is 2.28. The number of carbonyl (C=O) groups is 1. The van der Waals surface area contributed by atoms with Gasteiger partial charge in [0.05, 0.1) is 5.69 Å². The lowest BCUT2D eigenvalue weighted by molar-refractivity contribution is 0.0691. The molecule has 8 heteroatoms. The van der Waals surface area contributed by atoms with Crippen molar-refractivity contribution in [3.8, 4) is 11.3 Å². The molecule has 29 heavy (non-hydrogen) atoms. The summed E-state index contributed by atoms with van der Waals surface area (Å²) in [6, 6.07) is 7.76. The third-order valence-electron chi connectivity index (χ3n) is 5.54. The van der Waals surface area contributed by atoms with Gasteiger partial charge in [-0.2, -0.15) is 0 Å². The fourth-order valence-electron chi connectivity index (χ4n) is 3.90. The normalized spacial score (nSPS) is 18.7. The van der Waals surface area contributed by atoms with Crippen LogP contribution >= 0.6 is 0 Å². The van der Waals surface area contributed by atoms with Crippen LogP contribution in [0.2, 0.25) is 0 Å². The molecule has 3 aromatic rings. The molecule has 2 aliphatic heterocycles. The summed E-state index contributed by atoms with van der Waals surface area (Å²) < 4.78 is 19.2. The van der Waals surface area contributed by atoms with E-state index in [1.807, 2.05) is 6.20 Å². The molecule has 2 aliphatic rings. The van der Waals surface area contributed by atoms with Gasteiger partial charge in [-0.25, -0.2) is 14.4 Å². The Kier molecular flexibility index (Phi) is 4.55. The number of fused-ring (bicyclic) bond motifs is 1. The predicted octanol–water partition coefficient (Wildman–Crippen LogP) is 2.55. The average molecular weight is 393 g/mol. The van der Waals surface area contributed by atoms with E-state index in [2.05, 4.69) is 15.5 Å². The number of rotatable bonds is 3. The molecule has 1 fully saturated rings. The van der Waals surface area contributed by atoms with Gasteiger partial charge in [0.2, 0.25) is 5.76 Å². The first kappa shape index (κ1) is 17.9. The summed E-state index contributed by atoms with van der Waals surface area (Å²) in [4.78, 5) is 23.8. The van der Waals surface area contributed by atoms with Crippen molar-refractivity contribution in [2.75, 3.05) is 19.6 Å². The number of carbonyl (C=O) groups excluding carboxylic acids is 1. The maximum absolute atomic E-state index is 14.0. The van der Waals surface area contributed by atoms with E-state index in [0.717, 1.165) is 36.6 Å². The molecule has 5 rings (SSSR count). The van der Waals surface area contributed by atoms with Crippen LogP contribution in [0.25, 0.3) is 11.3 Å². The second-order valence-corrected chi connectivity index (χ2v) is 7.42. The van der Waals surface area contributed by atoms with Crippen molar-refractivity contribution in [3.63, 3.8) is 0 Å². The summed E-state index contributed by atoms with van der Waals surface area (Å²) >= 11 is 0. The molecule has 0 bridgehead atoms. The minimum absolute atomic E-state index is 0.0984.